The number of benzene rings is 2. The van der Waals surface area contributed by atoms with Gasteiger partial charge in [0, 0.05) is 86.0 Å². The Morgan fingerprint density at radius 1 is 0.618 bits per heavy atom. The van der Waals surface area contributed by atoms with E-state index in [4.69, 9.17) is 17.6 Å². The highest BCUT2D eigenvalue weighted by molar-refractivity contribution is 7.89. The van der Waals surface area contributed by atoms with E-state index in [1.807, 2.05) is 0 Å². The van der Waals surface area contributed by atoms with Crippen LogP contribution in [-0.2, 0) is 14.8 Å². The fourth-order valence-corrected chi connectivity index (χ4v) is 6.46. The molecule has 2 aromatic carbocycles. The lowest BCUT2D eigenvalue weighted by molar-refractivity contribution is -0.385. The highest BCUT2D eigenvalue weighted by Gasteiger charge is 2.51. The second-order valence-corrected chi connectivity index (χ2v) is 12.1. The number of terminal acetylenes is 2. The zero-order valence-electron chi connectivity index (χ0n) is 28.5. The lowest BCUT2D eigenvalue weighted by Gasteiger charge is -2.42. The maximum atomic E-state index is 13.3. The van der Waals surface area contributed by atoms with Gasteiger partial charge in [0.05, 0.1) is 21.3 Å². The minimum Gasteiger partial charge on any atom is -0.358 e. The smallest absolute Gasteiger partial charge is 0.269 e. The number of sulfonamides is 1. The highest BCUT2D eigenvalue weighted by atomic mass is 32.2. The molecule has 0 N–H and O–H groups in total. The van der Waals surface area contributed by atoms with Crippen molar-refractivity contribution in [3.63, 3.8) is 0 Å². The molecular weight excluding hydrogens is 721 g/mol. The van der Waals surface area contributed by atoms with E-state index in [1.165, 1.54) is 40.7 Å². The zero-order chi connectivity index (χ0) is 39.9. The van der Waals surface area contributed by atoms with Gasteiger partial charge in [-0.15, -0.1) is 12.8 Å². The van der Waals surface area contributed by atoms with Gasteiger partial charge in [-0.05, 0) is 119 Å². The molecule has 1 spiro atoms. The van der Waals surface area contributed by atoms with E-state index in [2.05, 4.69) is 118 Å². The molecule has 2 heterocycles. The van der Waals surface area contributed by atoms with Crippen LogP contribution in [0.5, 0.6) is 0 Å². The van der Waals surface area contributed by atoms with Gasteiger partial charge in [0.1, 0.15) is 5.72 Å². The van der Waals surface area contributed by atoms with Crippen LogP contribution in [0, 0.1) is 151 Å². The minimum absolute atomic E-state index is 0.0673. The summed E-state index contributed by atoms with van der Waals surface area (Å²) in [5.74, 6) is 47.9. The van der Waals surface area contributed by atoms with Crippen molar-refractivity contribution in [2.45, 2.75) is 23.5 Å². The van der Waals surface area contributed by atoms with Gasteiger partial charge in [-0.1, -0.05) is 0 Å². The van der Waals surface area contributed by atoms with Crippen LogP contribution in [0.2, 0.25) is 0 Å². The molecule has 0 aliphatic carbocycles. The van der Waals surface area contributed by atoms with Gasteiger partial charge in [0.2, 0.25) is 10.0 Å². The second kappa shape index (κ2) is 21.2. The molecule has 2 aliphatic heterocycles. The average molecular weight is 743 g/mol. The van der Waals surface area contributed by atoms with Crippen LogP contribution in [0.3, 0.4) is 0 Å². The van der Waals surface area contributed by atoms with Crippen LogP contribution in [0.15, 0.2) is 53.4 Å². The van der Waals surface area contributed by atoms with Crippen LogP contribution in [-0.4, -0.2) is 65.3 Å². The first kappa shape index (κ1) is 41.2. The summed E-state index contributed by atoms with van der Waals surface area (Å²) in [4.78, 5) is 34.8. The number of carbonyl (C=O) groups is 1. The Kier molecular flexibility index (Phi) is 15.9. The summed E-state index contributed by atoms with van der Waals surface area (Å²) >= 11 is 0. The average Bonchev–Trinajstić information content (AvgIpc) is 3.61. The second-order valence-electron chi connectivity index (χ2n) is 10.3. The summed E-state index contributed by atoms with van der Waals surface area (Å²) in [7, 11) is -3.97. The Bertz CT molecular complexity index is 2560. The van der Waals surface area contributed by atoms with Crippen LogP contribution in [0.25, 0.3) is 0 Å². The lowest BCUT2D eigenvalue weighted by atomic mass is 10.00. The molecule has 0 atom stereocenters. The van der Waals surface area contributed by atoms with Crippen molar-refractivity contribution in [2.24, 2.45) is 0 Å². The number of piperidine rings is 1. The number of amides is 1. The summed E-state index contributed by atoms with van der Waals surface area (Å²) in [6.45, 7) is 0.808. The van der Waals surface area contributed by atoms with Crippen molar-refractivity contribution in [1.82, 2.24) is 9.21 Å². The summed E-state index contributed by atoms with van der Waals surface area (Å²) in [6, 6.07) is 9.99. The number of nitro benzene ring substituents is 2. The van der Waals surface area contributed by atoms with E-state index < -0.39 is 25.6 Å². The quantitative estimate of drug-likeness (QED) is 0.258. The van der Waals surface area contributed by atoms with Gasteiger partial charge < -0.3 is 9.64 Å². The number of carbonyl (C=O) groups excluding carboxylic acids is 1. The molecule has 2 fully saturated rings. The standard InChI is InChI=1S/C22H2.C20H20N4O8S/c1-3-5-7-9-11-13-15-17-19-21-22-20-18-16-14-12-10-8-6-4-2;25-19(15-1-3-16(4-2-15)23(26)27)21-11-9-20(10-12-21)22(13-14-32-20)33(30,31)18-7-5-17(6-8-18)24(28)29/h1-2H;1-8H,9-14H2. The van der Waals surface area contributed by atoms with Crippen molar-refractivity contribution < 1.29 is 27.8 Å². The van der Waals surface area contributed by atoms with Crippen molar-refractivity contribution in [1.29, 1.82) is 0 Å². The Morgan fingerprint density at radius 3 is 1.35 bits per heavy atom. The lowest BCUT2D eigenvalue weighted by Crippen LogP contribution is -2.55. The number of likely N-dealkylation sites (tertiary alicyclic amines) is 1. The van der Waals surface area contributed by atoms with Crippen LogP contribution >= 0.6 is 0 Å². The minimum atomic E-state index is -3.97. The normalized spacial score (nSPS) is 12.5. The molecule has 0 aromatic heterocycles. The first-order valence-corrected chi connectivity index (χ1v) is 16.9. The Hall–Kier alpha value is -8.26. The van der Waals surface area contributed by atoms with Crippen LogP contribution in [0.4, 0.5) is 11.4 Å². The molecule has 0 saturated carbocycles. The summed E-state index contributed by atoms with van der Waals surface area (Å²) in [5.41, 5.74) is -1.12. The largest absolute Gasteiger partial charge is 0.358 e. The number of rotatable bonds is 5. The zero-order valence-corrected chi connectivity index (χ0v) is 29.3. The van der Waals surface area contributed by atoms with Crippen LogP contribution in [0.1, 0.15) is 23.2 Å². The highest BCUT2D eigenvalue weighted by Crippen LogP contribution is 2.38. The predicted octanol–water partition coefficient (Wildman–Crippen LogP) is 2.44. The fourth-order valence-electron chi connectivity index (χ4n) is 4.73. The first-order chi connectivity index (χ1) is 26.6. The van der Waals surface area contributed by atoms with Crippen molar-refractivity contribution in [3.05, 3.63) is 74.3 Å². The maximum absolute atomic E-state index is 13.3. The Morgan fingerprint density at radius 2 is 0.982 bits per heavy atom. The number of hydrogen-bond acceptors (Lipinski definition) is 8. The van der Waals surface area contributed by atoms with E-state index in [1.54, 1.807) is 4.90 Å². The predicted molar refractivity (Wildman–Crippen MR) is 202 cm³/mol. The third-order valence-electron chi connectivity index (χ3n) is 7.12. The number of ether oxygens (including phenoxy) is 1. The maximum Gasteiger partial charge on any atom is 0.269 e. The molecule has 264 valence electrons. The molecule has 2 saturated heterocycles. The SMILES string of the molecule is C#CC#CC#CC#CC#CC#CC#CC#CC#CC#CC#C.O=C(c1ccc([N+](=O)[O-])cc1)N1CCC2(CC1)OCCN2S(=O)(=O)c1ccc([N+](=O)[O-])cc1. The third kappa shape index (κ3) is 12.5. The van der Waals surface area contributed by atoms with E-state index in [0.29, 0.717) is 5.56 Å². The molecule has 12 nitrogen and oxygen atoms in total. The van der Waals surface area contributed by atoms with Crippen molar-refractivity contribution in [3.8, 4) is 131 Å². The van der Waals surface area contributed by atoms with Gasteiger partial charge in [0.15, 0.2) is 0 Å². The fraction of sp³-hybridized carbons (Fsp3) is 0.167. The first-order valence-electron chi connectivity index (χ1n) is 15.4. The van der Waals surface area contributed by atoms with E-state index >= 15 is 0 Å². The van der Waals surface area contributed by atoms with Crippen molar-refractivity contribution in [2.75, 3.05) is 26.2 Å². The number of non-ortho nitro benzene ring substituents is 2. The van der Waals surface area contributed by atoms with Crippen molar-refractivity contribution >= 4 is 27.3 Å². The molecule has 55 heavy (non-hydrogen) atoms. The molecular formula is C42H22N4O8S. The van der Waals surface area contributed by atoms with Gasteiger partial charge in [0.25, 0.3) is 17.3 Å². The van der Waals surface area contributed by atoms with E-state index in [-0.39, 0.29) is 61.3 Å². The molecule has 0 bridgehead atoms. The van der Waals surface area contributed by atoms with Gasteiger partial charge in [-0.3, -0.25) is 25.0 Å². The topological polar surface area (TPSA) is 153 Å². The number of hydrogen-bond donors (Lipinski definition) is 0. The van der Waals surface area contributed by atoms with E-state index in [0.717, 1.165) is 12.1 Å². The summed E-state index contributed by atoms with van der Waals surface area (Å²) < 4.78 is 33.6. The molecule has 0 unspecified atom stereocenters. The van der Waals surface area contributed by atoms with Gasteiger partial charge in [-0.25, -0.2) is 8.42 Å². The van der Waals surface area contributed by atoms with Gasteiger partial charge in [-0.2, -0.15) is 4.31 Å². The molecule has 2 aromatic rings. The monoisotopic (exact) mass is 742 g/mol. The molecule has 1 amide bonds. The molecule has 2 aliphatic rings. The molecule has 0 radical (unpaired) electrons. The Labute approximate surface area is 318 Å². The molecule has 13 heteroatoms. The number of nitrogens with zero attached hydrogens (tertiary/aromatic N) is 4. The molecule has 4 rings (SSSR count). The third-order valence-corrected chi connectivity index (χ3v) is 9.08. The summed E-state index contributed by atoms with van der Waals surface area (Å²) in [5, 5.41) is 21.7. The Balaban J connectivity index is 0.000000324. The van der Waals surface area contributed by atoms with Crippen LogP contribution < -0.4 is 0 Å². The van der Waals surface area contributed by atoms with E-state index in [9.17, 15) is 33.4 Å². The number of nitro groups is 2. The van der Waals surface area contributed by atoms with Gasteiger partial charge >= 0.3 is 0 Å². The summed E-state index contributed by atoms with van der Waals surface area (Å²) in [6.07, 6.45) is 10.3.